The quantitative estimate of drug-likeness (QED) is 0.661. The Bertz CT molecular complexity index is 311. The van der Waals surface area contributed by atoms with Crippen LogP contribution in [0.4, 0.5) is 0 Å². The van der Waals surface area contributed by atoms with Gasteiger partial charge in [-0.3, -0.25) is 4.79 Å². The first-order chi connectivity index (χ1) is 6.76. The molecule has 0 aromatic rings. The number of nitrogens with one attached hydrogen (secondary N) is 1. The van der Waals surface area contributed by atoms with E-state index in [9.17, 15) is 4.79 Å². The second-order valence-corrected chi connectivity index (χ2v) is 6.30. The number of fused-ring (bicyclic) bond motifs is 2. The molecule has 4 aliphatic carbocycles. The molecule has 0 heterocycles. The maximum Gasteiger partial charge on any atom is 0.207 e. The predicted octanol–water partition coefficient (Wildman–Crippen LogP) is 1.70. The summed E-state index contributed by atoms with van der Waals surface area (Å²) in [5.74, 6) is 2.94. The van der Waals surface area contributed by atoms with Gasteiger partial charge in [0.15, 0.2) is 0 Å². The topological polar surface area (TPSA) is 29.1 Å². The van der Waals surface area contributed by atoms with Gasteiger partial charge in [0, 0.05) is 5.54 Å². The monoisotopic (exact) mass is 191 g/mol. The summed E-state index contributed by atoms with van der Waals surface area (Å²) in [5, 5.41) is 3.16. The zero-order chi connectivity index (χ0) is 9.39. The van der Waals surface area contributed by atoms with Gasteiger partial charge in [-0.1, -0.05) is 0 Å². The first-order valence-corrected chi connectivity index (χ1v) is 5.98. The third kappa shape index (κ3) is 0.636. The van der Waals surface area contributed by atoms with Gasteiger partial charge in [0.25, 0.3) is 0 Å². The molecule has 0 radical (unpaired) electrons. The Morgan fingerprint density at radius 3 is 2.93 bits per heavy atom. The molecule has 0 saturated heterocycles. The van der Waals surface area contributed by atoms with Gasteiger partial charge in [0.1, 0.15) is 0 Å². The maximum absolute atomic E-state index is 10.7. The molecule has 2 heteroatoms. The Balaban J connectivity index is 1.77. The summed E-state index contributed by atoms with van der Waals surface area (Å²) in [6.07, 6.45) is 9.26. The van der Waals surface area contributed by atoms with Gasteiger partial charge in [-0.25, -0.2) is 0 Å². The minimum Gasteiger partial charge on any atom is -0.353 e. The Hall–Kier alpha value is -0.530. The Kier molecular flexibility index (Phi) is 1.12. The van der Waals surface area contributed by atoms with Crippen LogP contribution in [0.15, 0.2) is 0 Å². The van der Waals surface area contributed by atoms with E-state index in [0.717, 1.165) is 24.2 Å². The van der Waals surface area contributed by atoms with Gasteiger partial charge in [0.05, 0.1) is 0 Å². The highest BCUT2D eigenvalue weighted by molar-refractivity contribution is 5.49. The van der Waals surface area contributed by atoms with Crippen molar-refractivity contribution in [3.63, 3.8) is 0 Å². The molecule has 5 unspecified atom stereocenters. The highest BCUT2D eigenvalue weighted by Crippen LogP contribution is 2.76. The number of carbonyl (C=O) groups is 1. The Morgan fingerprint density at radius 1 is 1.14 bits per heavy atom. The number of amides is 1. The van der Waals surface area contributed by atoms with Crippen molar-refractivity contribution in [1.82, 2.24) is 5.32 Å². The van der Waals surface area contributed by atoms with Gasteiger partial charge in [-0.15, -0.1) is 0 Å². The molecular formula is C12H17NO. The average molecular weight is 191 g/mol. The van der Waals surface area contributed by atoms with E-state index >= 15 is 0 Å². The van der Waals surface area contributed by atoms with Crippen LogP contribution in [0.3, 0.4) is 0 Å². The third-order valence-corrected chi connectivity index (χ3v) is 5.83. The fourth-order valence-corrected chi connectivity index (χ4v) is 5.65. The smallest absolute Gasteiger partial charge is 0.207 e. The minimum atomic E-state index is 0.237. The zero-order valence-electron chi connectivity index (χ0n) is 8.46. The van der Waals surface area contributed by atoms with Crippen LogP contribution in [-0.2, 0) is 4.79 Å². The molecule has 1 spiro atoms. The third-order valence-electron chi connectivity index (χ3n) is 5.83. The van der Waals surface area contributed by atoms with Crippen molar-refractivity contribution >= 4 is 6.41 Å². The van der Waals surface area contributed by atoms with E-state index in [1.807, 2.05) is 0 Å². The van der Waals surface area contributed by atoms with Gasteiger partial charge in [-0.2, -0.15) is 0 Å². The van der Waals surface area contributed by atoms with Crippen molar-refractivity contribution in [2.75, 3.05) is 0 Å². The summed E-state index contributed by atoms with van der Waals surface area (Å²) in [6, 6.07) is 0. The van der Waals surface area contributed by atoms with Crippen molar-refractivity contribution in [1.29, 1.82) is 0 Å². The number of hydrogen-bond donors (Lipinski definition) is 1. The van der Waals surface area contributed by atoms with Gasteiger partial charge in [-0.05, 0) is 61.7 Å². The van der Waals surface area contributed by atoms with Crippen LogP contribution in [0.25, 0.3) is 0 Å². The Labute approximate surface area is 84.4 Å². The van der Waals surface area contributed by atoms with Crippen LogP contribution in [0, 0.1) is 23.2 Å². The second-order valence-electron chi connectivity index (χ2n) is 6.30. The van der Waals surface area contributed by atoms with Gasteiger partial charge < -0.3 is 5.32 Å². The van der Waals surface area contributed by atoms with E-state index < -0.39 is 0 Å². The summed E-state index contributed by atoms with van der Waals surface area (Å²) in [5.41, 5.74) is 0.944. The fraction of sp³-hybridized carbons (Fsp3) is 0.917. The minimum absolute atomic E-state index is 0.237. The molecule has 4 saturated carbocycles. The Morgan fingerprint density at radius 2 is 2.07 bits per heavy atom. The molecule has 76 valence electrons. The van der Waals surface area contributed by atoms with Crippen LogP contribution >= 0.6 is 0 Å². The first-order valence-electron chi connectivity index (χ1n) is 5.98. The molecule has 4 fully saturated rings. The van der Waals surface area contributed by atoms with E-state index in [-0.39, 0.29) is 5.54 Å². The summed E-state index contributed by atoms with van der Waals surface area (Å²) in [6.45, 7) is 0. The van der Waals surface area contributed by atoms with Gasteiger partial charge >= 0.3 is 0 Å². The molecule has 0 aliphatic heterocycles. The standard InChI is InChI=1S/C12H17NO/c14-7-13-11-3-8-1-9-2-10(5-11)12(9,4-8)6-11/h7-10H,1-6H2,(H,13,14). The molecule has 2 nitrogen and oxygen atoms in total. The summed E-state index contributed by atoms with van der Waals surface area (Å²) in [4.78, 5) is 10.7. The van der Waals surface area contributed by atoms with Crippen LogP contribution in [0.2, 0.25) is 0 Å². The van der Waals surface area contributed by atoms with Gasteiger partial charge in [0.2, 0.25) is 6.41 Å². The van der Waals surface area contributed by atoms with E-state index in [1.165, 1.54) is 38.5 Å². The predicted molar refractivity (Wildman–Crippen MR) is 52.5 cm³/mol. The second kappa shape index (κ2) is 2.02. The highest BCUT2D eigenvalue weighted by atomic mass is 16.1. The SMILES string of the molecule is O=CNC12CC3CC4CC(C1)C4(C3)C2. The summed E-state index contributed by atoms with van der Waals surface area (Å²) < 4.78 is 0. The first kappa shape index (κ1) is 7.72. The van der Waals surface area contributed by atoms with E-state index in [1.54, 1.807) is 0 Å². The lowest BCUT2D eigenvalue weighted by Gasteiger charge is -2.49. The van der Waals surface area contributed by atoms with Crippen LogP contribution in [0.1, 0.15) is 38.5 Å². The molecular weight excluding hydrogens is 174 g/mol. The summed E-state index contributed by atoms with van der Waals surface area (Å²) in [7, 11) is 0. The molecule has 1 amide bonds. The van der Waals surface area contributed by atoms with Crippen molar-refractivity contribution in [2.24, 2.45) is 23.2 Å². The number of carbonyl (C=O) groups excluding carboxylic acids is 1. The van der Waals surface area contributed by atoms with Crippen molar-refractivity contribution in [3.05, 3.63) is 0 Å². The molecule has 5 atom stereocenters. The van der Waals surface area contributed by atoms with Crippen molar-refractivity contribution < 1.29 is 4.79 Å². The van der Waals surface area contributed by atoms with Crippen LogP contribution < -0.4 is 5.32 Å². The number of hydrogen-bond acceptors (Lipinski definition) is 1. The largest absolute Gasteiger partial charge is 0.353 e. The van der Waals surface area contributed by atoms with Crippen LogP contribution in [-0.4, -0.2) is 11.9 Å². The molecule has 0 aromatic carbocycles. The average Bonchev–Trinajstić information content (AvgIpc) is 2.43. The lowest BCUT2D eigenvalue weighted by atomic mass is 9.56. The van der Waals surface area contributed by atoms with Crippen molar-refractivity contribution in [2.45, 2.75) is 44.1 Å². The van der Waals surface area contributed by atoms with Crippen LogP contribution in [0.5, 0.6) is 0 Å². The lowest BCUT2D eigenvalue weighted by molar-refractivity contribution is -0.111. The maximum atomic E-state index is 10.7. The molecule has 0 aromatic heterocycles. The number of rotatable bonds is 2. The zero-order valence-corrected chi connectivity index (χ0v) is 8.46. The normalized spacial score (nSPS) is 62.1. The molecule has 1 N–H and O–H groups in total. The molecule has 3 bridgehead atoms. The molecule has 14 heavy (non-hydrogen) atoms. The fourth-order valence-electron chi connectivity index (χ4n) is 5.65. The van der Waals surface area contributed by atoms with Crippen molar-refractivity contribution in [3.8, 4) is 0 Å². The molecule has 4 aliphatic rings. The summed E-state index contributed by atoms with van der Waals surface area (Å²) >= 11 is 0. The van der Waals surface area contributed by atoms with E-state index in [2.05, 4.69) is 5.32 Å². The van der Waals surface area contributed by atoms with E-state index in [0.29, 0.717) is 5.41 Å². The lowest BCUT2D eigenvalue weighted by Crippen LogP contribution is -2.46. The highest BCUT2D eigenvalue weighted by Gasteiger charge is 2.70. The molecule has 4 rings (SSSR count). The van der Waals surface area contributed by atoms with E-state index in [4.69, 9.17) is 0 Å².